The maximum atomic E-state index is 12.4. The highest BCUT2D eigenvalue weighted by molar-refractivity contribution is 5.85. The number of carbonyl (C=O) groups is 1. The highest BCUT2D eigenvalue weighted by Gasteiger charge is 2.27. The van der Waals surface area contributed by atoms with Crippen molar-refractivity contribution in [3.63, 3.8) is 0 Å². The minimum atomic E-state index is 0. The summed E-state index contributed by atoms with van der Waals surface area (Å²) in [6.45, 7) is 9.78. The van der Waals surface area contributed by atoms with Crippen LogP contribution in [0.1, 0.15) is 49.7 Å². The van der Waals surface area contributed by atoms with E-state index in [4.69, 9.17) is 9.97 Å². The molecule has 0 bridgehead atoms. The molecular formula is C19H33ClN6O. The average Bonchev–Trinajstić information content (AvgIpc) is 2.68. The third-order valence-corrected chi connectivity index (χ3v) is 5.57. The van der Waals surface area contributed by atoms with Crippen LogP contribution in [0.3, 0.4) is 0 Å². The highest BCUT2D eigenvalue weighted by atomic mass is 35.5. The van der Waals surface area contributed by atoms with Crippen LogP contribution in [0.2, 0.25) is 0 Å². The first-order valence-corrected chi connectivity index (χ1v) is 9.94. The van der Waals surface area contributed by atoms with Crippen LogP contribution >= 0.6 is 12.4 Å². The van der Waals surface area contributed by atoms with E-state index in [1.807, 2.05) is 25.8 Å². The van der Waals surface area contributed by atoms with Crippen LogP contribution in [0, 0.1) is 0 Å². The number of nitrogens with one attached hydrogen (secondary N) is 2. The lowest BCUT2D eigenvalue weighted by Crippen LogP contribution is -2.42. The van der Waals surface area contributed by atoms with E-state index in [0.29, 0.717) is 12.5 Å². The molecule has 2 aliphatic heterocycles. The number of amides is 1. The normalized spacial score (nSPS) is 17.7. The van der Waals surface area contributed by atoms with E-state index in [2.05, 4.69) is 15.5 Å². The number of piperidine rings is 1. The van der Waals surface area contributed by atoms with Crippen LogP contribution in [0.5, 0.6) is 0 Å². The van der Waals surface area contributed by atoms with Crippen molar-refractivity contribution in [3.05, 3.63) is 17.1 Å². The minimum absolute atomic E-state index is 0. The lowest BCUT2D eigenvalue weighted by atomic mass is 9.96. The zero-order valence-electron chi connectivity index (χ0n) is 16.8. The van der Waals surface area contributed by atoms with Crippen LogP contribution < -0.4 is 10.6 Å². The molecule has 2 aliphatic rings. The molecule has 1 amide bonds. The van der Waals surface area contributed by atoms with Crippen LogP contribution in [0.15, 0.2) is 0 Å². The first-order valence-electron chi connectivity index (χ1n) is 9.94. The van der Waals surface area contributed by atoms with Crippen molar-refractivity contribution in [1.29, 1.82) is 0 Å². The largest absolute Gasteiger partial charge is 0.373 e. The number of anilines is 1. The number of rotatable bonds is 6. The van der Waals surface area contributed by atoms with Gasteiger partial charge in [-0.1, -0.05) is 0 Å². The molecule has 3 heterocycles. The Morgan fingerprint density at radius 2 is 1.96 bits per heavy atom. The first kappa shape index (κ1) is 21.9. The molecule has 1 saturated heterocycles. The number of carbonyl (C=O) groups excluding carboxylic acids is 1. The number of fused-ring (bicyclic) bond motifs is 1. The van der Waals surface area contributed by atoms with Gasteiger partial charge in [0.2, 0.25) is 5.91 Å². The fourth-order valence-electron chi connectivity index (χ4n) is 3.96. The molecular weight excluding hydrogens is 364 g/mol. The van der Waals surface area contributed by atoms with Gasteiger partial charge in [0.1, 0.15) is 11.6 Å². The molecule has 0 saturated carbocycles. The Morgan fingerprint density at radius 1 is 1.26 bits per heavy atom. The Hall–Kier alpha value is -1.44. The van der Waals surface area contributed by atoms with Crippen LogP contribution in [0.25, 0.3) is 0 Å². The second kappa shape index (κ2) is 10.2. The third kappa shape index (κ3) is 5.09. The fraction of sp³-hybridized carbons (Fsp3) is 0.737. The summed E-state index contributed by atoms with van der Waals surface area (Å²) in [7, 11) is 1.93. The van der Waals surface area contributed by atoms with Crippen molar-refractivity contribution < 1.29 is 4.79 Å². The SMILES string of the molecule is CCN(CC)C(=O)CN1CCc2nc(C3CCNCC3)nc(NC)c2C1.Cl. The van der Waals surface area contributed by atoms with Gasteiger partial charge in [-0.3, -0.25) is 9.69 Å². The van der Waals surface area contributed by atoms with Gasteiger partial charge in [0.05, 0.1) is 12.2 Å². The number of aromatic nitrogens is 2. The maximum Gasteiger partial charge on any atom is 0.236 e. The van der Waals surface area contributed by atoms with Crippen molar-refractivity contribution in [3.8, 4) is 0 Å². The quantitative estimate of drug-likeness (QED) is 0.761. The smallest absolute Gasteiger partial charge is 0.236 e. The number of hydrogen-bond donors (Lipinski definition) is 2. The van der Waals surface area contributed by atoms with Gasteiger partial charge in [0.15, 0.2) is 0 Å². The van der Waals surface area contributed by atoms with Gasteiger partial charge < -0.3 is 15.5 Å². The lowest BCUT2D eigenvalue weighted by Gasteiger charge is -2.31. The predicted octanol–water partition coefficient (Wildman–Crippen LogP) is 1.63. The molecule has 0 aliphatic carbocycles. The van der Waals surface area contributed by atoms with Crippen molar-refractivity contribution >= 4 is 24.1 Å². The summed E-state index contributed by atoms with van der Waals surface area (Å²) in [5, 5.41) is 6.67. The Morgan fingerprint density at radius 3 is 2.59 bits per heavy atom. The van der Waals surface area contributed by atoms with Gasteiger partial charge in [-0.05, 0) is 39.8 Å². The van der Waals surface area contributed by atoms with Crippen molar-refractivity contribution in [2.45, 2.75) is 45.6 Å². The summed E-state index contributed by atoms with van der Waals surface area (Å²) in [6.07, 6.45) is 3.09. The summed E-state index contributed by atoms with van der Waals surface area (Å²) < 4.78 is 0. The number of hydrogen-bond acceptors (Lipinski definition) is 6. The van der Waals surface area contributed by atoms with E-state index in [9.17, 15) is 4.79 Å². The molecule has 0 radical (unpaired) electrons. The fourth-order valence-corrected chi connectivity index (χ4v) is 3.96. The van der Waals surface area contributed by atoms with E-state index in [0.717, 1.165) is 81.4 Å². The minimum Gasteiger partial charge on any atom is -0.373 e. The molecule has 1 aromatic rings. The number of likely N-dealkylation sites (N-methyl/N-ethyl adjacent to an activating group) is 1. The van der Waals surface area contributed by atoms with Gasteiger partial charge in [-0.25, -0.2) is 9.97 Å². The summed E-state index contributed by atoms with van der Waals surface area (Å²) in [4.78, 5) is 26.3. The highest BCUT2D eigenvalue weighted by Crippen LogP contribution is 2.29. The number of nitrogens with zero attached hydrogens (tertiary/aromatic N) is 4. The van der Waals surface area contributed by atoms with Gasteiger partial charge >= 0.3 is 0 Å². The lowest BCUT2D eigenvalue weighted by molar-refractivity contribution is -0.132. The van der Waals surface area contributed by atoms with Crippen LogP contribution in [-0.2, 0) is 17.8 Å². The Balaban J connectivity index is 0.00000261. The van der Waals surface area contributed by atoms with Gasteiger partial charge in [-0.2, -0.15) is 0 Å². The van der Waals surface area contributed by atoms with E-state index in [1.54, 1.807) is 0 Å². The van der Waals surface area contributed by atoms with Crippen LogP contribution in [-0.4, -0.2) is 72.0 Å². The Bertz CT molecular complexity index is 614. The maximum absolute atomic E-state index is 12.4. The summed E-state index contributed by atoms with van der Waals surface area (Å²) in [5.74, 6) is 2.58. The zero-order chi connectivity index (χ0) is 18.5. The summed E-state index contributed by atoms with van der Waals surface area (Å²) in [5.41, 5.74) is 2.31. The Labute approximate surface area is 168 Å². The molecule has 0 spiro atoms. The standard InChI is InChI=1S/C19H32N6O.ClH/c1-4-25(5-2)17(26)13-24-11-8-16-15(12-24)19(20-3)23-18(22-16)14-6-9-21-10-7-14;/h14,21H,4-13H2,1-3H3,(H,20,22,23);1H. The molecule has 0 unspecified atom stereocenters. The van der Waals surface area contributed by atoms with E-state index >= 15 is 0 Å². The summed E-state index contributed by atoms with van der Waals surface area (Å²) in [6, 6.07) is 0. The third-order valence-electron chi connectivity index (χ3n) is 5.57. The summed E-state index contributed by atoms with van der Waals surface area (Å²) >= 11 is 0. The van der Waals surface area contributed by atoms with Crippen LogP contribution in [0.4, 0.5) is 5.82 Å². The molecule has 2 N–H and O–H groups in total. The second-order valence-electron chi connectivity index (χ2n) is 7.16. The van der Waals surface area contributed by atoms with Gasteiger partial charge in [-0.15, -0.1) is 12.4 Å². The number of halogens is 1. The van der Waals surface area contributed by atoms with Crippen molar-refractivity contribution in [2.24, 2.45) is 0 Å². The van der Waals surface area contributed by atoms with Gasteiger partial charge in [0, 0.05) is 51.1 Å². The molecule has 27 heavy (non-hydrogen) atoms. The van der Waals surface area contributed by atoms with Gasteiger partial charge in [0.25, 0.3) is 0 Å². The molecule has 152 valence electrons. The van der Waals surface area contributed by atoms with E-state index in [-0.39, 0.29) is 18.3 Å². The first-order chi connectivity index (χ1) is 12.7. The molecule has 0 atom stereocenters. The molecule has 1 aromatic heterocycles. The molecule has 7 nitrogen and oxygen atoms in total. The van der Waals surface area contributed by atoms with E-state index < -0.39 is 0 Å². The predicted molar refractivity (Wildman–Crippen MR) is 111 cm³/mol. The average molecular weight is 397 g/mol. The van der Waals surface area contributed by atoms with Crippen molar-refractivity contribution in [1.82, 2.24) is 25.1 Å². The Kier molecular flexibility index (Phi) is 8.26. The van der Waals surface area contributed by atoms with E-state index in [1.165, 1.54) is 0 Å². The zero-order valence-corrected chi connectivity index (χ0v) is 17.6. The van der Waals surface area contributed by atoms with Crippen molar-refractivity contribution in [2.75, 3.05) is 51.6 Å². The molecule has 3 rings (SSSR count). The molecule has 0 aromatic carbocycles. The topological polar surface area (TPSA) is 73.4 Å². The molecule has 8 heteroatoms. The second-order valence-corrected chi connectivity index (χ2v) is 7.16. The monoisotopic (exact) mass is 396 g/mol. The molecule has 1 fully saturated rings.